The van der Waals surface area contributed by atoms with Crippen LogP contribution in [0.4, 0.5) is 13.2 Å². The monoisotopic (exact) mass is 280 g/mol. The maximum atomic E-state index is 12.6. The Balaban J connectivity index is 2.02. The molecule has 2 aromatic heterocycles. The Morgan fingerprint density at radius 2 is 2.10 bits per heavy atom. The van der Waals surface area contributed by atoms with Crippen molar-refractivity contribution in [3.8, 4) is 0 Å². The largest absolute Gasteiger partial charge is 0.449 e. The maximum Gasteiger partial charge on any atom is 0.449 e. The maximum absolute atomic E-state index is 12.6. The summed E-state index contributed by atoms with van der Waals surface area (Å²) in [5.41, 5.74) is 1.55. The van der Waals surface area contributed by atoms with E-state index in [0.717, 1.165) is 5.56 Å². The van der Waals surface area contributed by atoms with Gasteiger partial charge in [-0.25, -0.2) is 9.97 Å². The number of nitrogens with zero attached hydrogens (tertiary/aromatic N) is 3. The molecule has 0 saturated heterocycles. The third kappa shape index (κ3) is 2.15. The van der Waals surface area contributed by atoms with Crippen molar-refractivity contribution in [1.82, 2.24) is 19.5 Å². The summed E-state index contributed by atoms with van der Waals surface area (Å²) in [6.45, 7) is 1.94. The van der Waals surface area contributed by atoms with E-state index in [9.17, 15) is 13.2 Å². The number of rotatable bonds is 2. The average Bonchev–Trinajstić information content (AvgIpc) is 3.05. The average molecular weight is 280 g/mol. The third-order valence-electron chi connectivity index (χ3n) is 3.23. The number of halogens is 3. The third-order valence-corrected chi connectivity index (χ3v) is 3.23. The second-order valence-electron chi connectivity index (χ2n) is 4.55. The highest BCUT2D eigenvalue weighted by molar-refractivity contribution is 5.76. The molecule has 0 aliphatic rings. The van der Waals surface area contributed by atoms with Gasteiger partial charge in [-0.15, -0.1) is 0 Å². The summed E-state index contributed by atoms with van der Waals surface area (Å²) in [6, 6.07) is 5.03. The molecule has 0 aliphatic heterocycles. The van der Waals surface area contributed by atoms with Gasteiger partial charge in [0.15, 0.2) is 0 Å². The first-order valence-corrected chi connectivity index (χ1v) is 5.99. The van der Waals surface area contributed by atoms with Crippen LogP contribution in [0.5, 0.6) is 0 Å². The predicted octanol–water partition coefficient (Wildman–Crippen LogP) is 3.39. The van der Waals surface area contributed by atoms with Crippen molar-refractivity contribution in [1.29, 1.82) is 0 Å². The Morgan fingerprint density at radius 1 is 1.30 bits per heavy atom. The molecule has 0 bridgehead atoms. The lowest BCUT2D eigenvalue weighted by atomic mass is 10.1. The van der Waals surface area contributed by atoms with Crippen LogP contribution in [0.15, 0.2) is 36.9 Å². The lowest BCUT2D eigenvalue weighted by molar-refractivity contribution is -0.144. The van der Waals surface area contributed by atoms with Gasteiger partial charge in [0.1, 0.15) is 0 Å². The molecule has 2 heterocycles. The number of hydrogen-bond acceptors (Lipinski definition) is 2. The Kier molecular flexibility index (Phi) is 2.77. The number of imidazole rings is 2. The van der Waals surface area contributed by atoms with E-state index in [1.165, 1.54) is 0 Å². The van der Waals surface area contributed by atoms with Crippen LogP contribution in [0.1, 0.15) is 24.4 Å². The van der Waals surface area contributed by atoms with Crippen molar-refractivity contribution >= 4 is 11.0 Å². The summed E-state index contributed by atoms with van der Waals surface area (Å²) in [5.74, 6) is -0.972. The molecule has 1 atom stereocenters. The Hall–Kier alpha value is -2.31. The van der Waals surface area contributed by atoms with Gasteiger partial charge < -0.3 is 9.55 Å². The fourth-order valence-corrected chi connectivity index (χ4v) is 2.09. The first-order valence-electron chi connectivity index (χ1n) is 5.99. The van der Waals surface area contributed by atoms with E-state index in [2.05, 4.69) is 15.0 Å². The number of aromatic nitrogens is 4. The van der Waals surface area contributed by atoms with Gasteiger partial charge in [-0.2, -0.15) is 13.2 Å². The number of hydrogen-bond donors (Lipinski definition) is 1. The van der Waals surface area contributed by atoms with Gasteiger partial charge in [-0.05, 0) is 24.6 Å². The van der Waals surface area contributed by atoms with E-state index in [1.807, 2.05) is 11.5 Å². The molecule has 4 nitrogen and oxygen atoms in total. The van der Waals surface area contributed by atoms with Crippen molar-refractivity contribution in [3.63, 3.8) is 0 Å². The van der Waals surface area contributed by atoms with Crippen LogP contribution in [0, 0.1) is 0 Å². The van der Waals surface area contributed by atoms with Crippen molar-refractivity contribution < 1.29 is 13.2 Å². The molecular weight excluding hydrogens is 269 g/mol. The summed E-state index contributed by atoms with van der Waals surface area (Å²) in [6.07, 6.45) is 0.668. The second-order valence-corrected chi connectivity index (χ2v) is 4.55. The minimum absolute atomic E-state index is 0.0204. The van der Waals surface area contributed by atoms with Crippen LogP contribution in [0.2, 0.25) is 0 Å². The highest BCUT2D eigenvalue weighted by Gasteiger charge is 2.34. The van der Waals surface area contributed by atoms with Gasteiger partial charge in [0.2, 0.25) is 5.82 Å². The molecule has 0 fully saturated rings. The zero-order chi connectivity index (χ0) is 14.3. The van der Waals surface area contributed by atoms with Crippen LogP contribution < -0.4 is 0 Å². The topological polar surface area (TPSA) is 46.5 Å². The van der Waals surface area contributed by atoms with Crippen LogP contribution in [0.3, 0.4) is 0 Å². The molecule has 0 aliphatic carbocycles. The number of fused-ring (bicyclic) bond motifs is 1. The van der Waals surface area contributed by atoms with Crippen LogP contribution >= 0.6 is 0 Å². The molecule has 1 aromatic carbocycles. The van der Waals surface area contributed by atoms with E-state index < -0.39 is 12.0 Å². The van der Waals surface area contributed by atoms with E-state index in [1.54, 1.807) is 36.9 Å². The quantitative estimate of drug-likeness (QED) is 0.782. The van der Waals surface area contributed by atoms with Gasteiger partial charge in [0.05, 0.1) is 23.4 Å². The summed E-state index contributed by atoms with van der Waals surface area (Å²) in [7, 11) is 0. The molecule has 0 amide bonds. The number of benzene rings is 1. The highest BCUT2D eigenvalue weighted by Crippen LogP contribution is 2.29. The fourth-order valence-electron chi connectivity index (χ4n) is 2.09. The molecule has 0 spiro atoms. The van der Waals surface area contributed by atoms with Crippen LogP contribution in [0.25, 0.3) is 11.0 Å². The molecule has 104 valence electrons. The van der Waals surface area contributed by atoms with Crippen LogP contribution in [-0.2, 0) is 6.18 Å². The molecule has 1 N–H and O–H groups in total. The molecule has 3 rings (SSSR count). The molecule has 3 aromatic rings. The van der Waals surface area contributed by atoms with E-state index in [4.69, 9.17) is 0 Å². The second kappa shape index (κ2) is 4.36. The normalized spacial score (nSPS) is 13.8. The van der Waals surface area contributed by atoms with E-state index in [0.29, 0.717) is 11.0 Å². The van der Waals surface area contributed by atoms with Crippen molar-refractivity contribution in [2.24, 2.45) is 0 Å². The Labute approximate surface area is 112 Å². The summed E-state index contributed by atoms with van der Waals surface area (Å²) in [5, 5.41) is 0. The van der Waals surface area contributed by atoms with Gasteiger partial charge in [0, 0.05) is 12.4 Å². The zero-order valence-electron chi connectivity index (χ0n) is 10.5. The minimum Gasteiger partial charge on any atom is -0.334 e. The number of alkyl halides is 3. The van der Waals surface area contributed by atoms with E-state index in [-0.39, 0.29) is 6.04 Å². The molecule has 1 unspecified atom stereocenters. The number of nitrogens with one attached hydrogen (secondary N) is 1. The van der Waals surface area contributed by atoms with E-state index >= 15 is 0 Å². The van der Waals surface area contributed by atoms with Gasteiger partial charge in [-0.1, -0.05) is 6.07 Å². The molecule has 0 radical (unpaired) electrons. The zero-order valence-corrected chi connectivity index (χ0v) is 10.5. The number of H-pyrrole nitrogens is 1. The molecule has 20 heavy (non-hydrogen) atoms. The van der Waals surface area contributed by atoms with Crippen molar-refractivity contribution in [3.05, 3.63) is 48.3 Å². The van der Waals surface area contributed by atoms with Gasteiger partial charge in [0.25, 0.3) is 0 Å². The fraction of sp³-hybridized carbons (Fsp3) is 0.231. The smallest absolute Gasteiger partial charge is 0.334 e. The Bertz CT molecular complexity index is 728. The summed E-state index contributed by atoms with van der Waals surface area (Å²) in [4.78, 5) is 9.84. The molecule has 0 saturated carbocycles. The molecule has 7 heteroatoms. The summed E-state index contributed by atoms with van der Waals surface area (Å²) >= 11 is 0. The number of aromatic amines is 1. The summed E-state index contributed by atoms with van der Waals surface area (Å²) < 4.78 is 39.7. The minimum atomic E-state index is -4.46. The Morgan fingerprint density at radius 3 is 2.75 bits per heavy atom. The van der Waals surface area contributed by atoms with Gasteiger partial charge >= 0.3 is 6.18 Å². The highest BCUT2D eigenvalue weighted by atomic mass is 19.4. The lowest BCUT2D eigenvalue weighted by Gasteiger charge is -2.13. The SMILES string of the molecule is CC(c1ccc2[nH]c(C(F)(F)F)nc2c1)n1ccnc1. The first kappa shape index (κ1) is 12.7. The standard InChI is InChI=1S/C13H11F3N4/c1-8(20-5-4-17-7-20)9-2-3-10-11(6-9)19-12(18-10)13(14,15)16/h2-8H,1H3,(H,18,19). The molecular formula is C13H11F3N4. The van der Waals surface area contributed by atoms with Crippen molar-refractivity contribution in [2.75, 3.05) is 0 Å². The van der Waals surface area contributed by atoms with Crippen molar-refractivity contribution in [2.45, 2.75) is 19.1 Å². The van der Waals surface area contributed by atoms with Crippen LogP contribution in [-0.4, -0.2) is 19.5 Å². The van der Waals surface area contributed by atoms with Gasteiger partial charge in [-0.3, -0.25) is 0 Å². The first-order chi connectivity index (χ1) is 9.45. The predicted molar refractivity (Wildman–Crippen MR) is 67.1 cm³/mol. The lowest BCUT2D eigenvalue weighted by Crippen LogP contribution is -2.06.